The van der Waals surface area contributed by atoms with Gasteiger partial charge in [0.1, 0.15) is 22.7 Å². The molecule has 0 saturated carbocycles. The molecular formula is C23H18F6N4O4. The van der Waals surface area contributed by atoms with Crippen molar-refractivity contribution in [2.75, 3.05) is 7.11 Å². The summed E-state index contributed by atoms with van der Waals surface area (Å²) in [5.74, 6) is -2.29. The number of benzene rings is 1. The summed E-state index contributed by atoms with van der Waals surface area (Å²) in [5.41, 5.74) is 4.01. The maximum absolute atomic E-state index is 13.2. The summed E-state index contributed by atoms with van der Waals surface area (Å²) < 4.78 is 94.5. The fourth-order valence-electron chi connectivity index (χ4n) is 3.68. The Labute approximate surface area is 204 Å². The lowest BCUT2D eigenvalue weighted by molar-refractivity contribution is -0.154. The highest BCUT2D eigenvalue weighted by Gasteiger charge is 2.38. The topological polar surface area (TPSA) is 116 Å². The van der Waals surface area contributed by atoms with Crippen molar-refractivity contribution in [3.8, 4) is 17.2 Å². The average molecular weight is 528 g/mol. The number of aromatic nitrogens is 2. The van der Waals surface area contributed by atoms with Crippen LogP contribution in [0.3, 0.4) is 0 Å². The van der Waals surface area contributed by atoms with Gasteiger partial charge >= 0.3 is 12.4 Å². The van der Waals surface area contributed by atoms with Crippen molar-refractivity contribution in [1.82, 2.24) is 15.3 Å². The zero-order valence-electron chi connectivity index (χ0n) is 19.2. The molecular weight excluding hydrogens is 510 g/mol. The summed E-state index contributed by atoms with van der Waals surface area (Å²) in [7, 11) is 1.27. The summed E-state index contributed by atoms with van der Waals surface area (Å²) in [5, 5.41) is 2.51. The van der Waals surface area contributed by atoms with Crippen LogP contribution in [0.25, 0.3) is 22.4 Å². The van der Waals surface area contributed by atoms with E-state index in [0.29, 0.717) is 0 Å². The number of pyridine rings is 1. The van der Waals surface area contributed by atoms with E-state index in [1.165, 1.54) is 26.2 Å². The van der Waals surface area contributed by atoms with E-state index in [-0.39, 0.29) is 57.4 Å². The Morgan fingerprint density at radius 1 is 1.05 bits per heavy atom. The number of ether oxygens (including phenoxy) is 1. The highest BCUT2D eigenvalue weighted by Crippen LogP contribution is 2.37. The first-order valence-electron chi connectivity index (χ1n) is 10.5. The van der Waals surface area contributed by atoms with E-state index in [2.05, 4.69) is 15.3 Å². The SMILES string of the molecule is COc1ccc(-c2nc(C(=O)NCc3cc(C)oc3C(F)(F)F)c(CN)o2)c2ccc(C(F)(F)F)nc12. The van der Waals surface area contributed by atoms with Crippen LogP contribution < -0.4 is 15.8 Å². The third-order valence-electron chi connectivity index (χ3n) is 5.29. The lowest BCUT2D eigenvalue weighted by Crippen LogP contribution is -2.25. The molecule has 0 atom stereocenters. The maximum Gasteiger partial charge on any atom is 0.449 e. The Bertz CT molecular complexity index is 1470. The fourth-order valence-corrected chi connectivity index (χ4v) is 3.68. The number of halogens is 6. The molecule has 4 aromatic rings. The van der Waals surface area contributed by atoms with Gasteiger partial charge < -0.3 is 24.6 Å². The highest BCUT2D eigenvalue weighted by atomic mass is 19.4. The number of aryl methyl sites for hydroxylation is 1. The number of furan rings is 1. The molecule has 0 spiro atoms. The Morgan fingerprint density at radius 3 is 2.41 bits per heavy atom. The zero-order chi connectivity index (χ0) is 27.1. The standard InChI is InChI=1S/C23H18F6N4O4/c1-10-7-11(19(36-10)23(27,28)29)9-31-20(34)18-15(8-30)37-21(33-18)13-3-5-14(35-2)17-12(13)4-6-16(32-17)22(24,25)26/h3-7H,8-9,30H2,1-2H3,(H,31,34). The van der Waals surface area contributed by atoms with E-state index in [9.17, 15) is 31.1 Å². The van der Waals surface area contributed by atoms with Crippen molar-refractivity contribution in [2.24, 2.45) is 5.73 Å². The number of carbonyl (C=O) groups excluding carboxylic acids is 1. The summed E-state index contributed by atoms with van der Waals surface area (Å²) >= 11 is 0. The Morgan fingerprint density at radius 2 is 1.78 bits per heavy atom. The largest absolute Gasteiger partial charge is 0.494 e. The van der Waals surface area contributed by atoms with Crippen molar-refractivity contribution < 1.29 is 44.7 Å². The molecule has 0 unspecified atom stereocenters. The lowest BCUT2D eigenvalue weighted by atomic mass is 10.1. The molecule has 0 aliphatic heterocycles. The van der Waals surface area contributed by atoms with Gasteiger partial charge in [0.25, 0.3) is 5.91 Å². The van der Waals surface area contributed by atoms with Gasteiger partial charge in [0, 0.05) is 23.1 Å². The van der Waals surface area contributed by atoms with Gasteiger partial charge in [-0.25, -0.2) is 9.97 Å². The van der Waals surface area contributed by atoms with Crippen LogP contribution in [0.2, 0.25) is 0 Å². The van der Waals surface area contributed by atoms with Crippen molar-refractivity contribution in [2.45, 2.75) is 32.4 Å². The van der Waals surface area contributed by atoms with Gasteiger partial charge in [-0.15, -0.1) is 0 Å². The summed E-state index contributed by atoms with van der Waals surface area (Å²) in [4.78, 5) is 20.5. The number of oxazole rings is 1. The number of nitrogens with zero attached hydrogens (tertiary/aromatic N) is 2. The van der Waals surface area contributed by atoms with Crippen LogP contribution in [0, 0.1) is 6.92 Å². The number of amides is 1. The minimum absolute atomic E-state index is 0.0108. The molecule has 3 N–H and O–H groups in total. The number of nitrogens with two attached hydrogens (primary N) is 1. The van der Waals surface area contributed by atoms with Gasteiger partial charge in [0.05, 0.1) is 13.7 Å². The number of hydrogen-bond donors (Lipinski definition) is 2. The van der Waals surface area contributed by atoms with E-state index >= 15 is 0 Å². The molecule has 1 aromatic carbocycles. The third-order valence-corrected chi connectivity index (χ3v) is 5.29. The van der Waals surface area contributed by atoms with Crippen LogP contribution in [0.5, 0.6) is 5.75 Å². The molecule has 0 bridgehead atoms. The van der Waals surface area contributed by atoms with Crippen molar-refractivity contribution in [3.05, 3.63) is 64.6 Å². The number of rotatable bonds is 6. The van der Waals surface area contributed by atoms with Crippen molar-refractivity contribution in [1.29, 1.82) is 0 Å². The van der Waals surface area contributed by atoms with E-state index in [1.807, 2.05) is 0 Å². The van der Waals surface area contributed by atoms with E-state index < -0.39 is 36.3 Å². The summed E-state index contributed by atoms with van der Waals surface area (Å²) in [6, 6.07) is 5.89. The molecule has 4 rings (SSSR count). The number of nitrogens with one attached hydrogen (secondary N) is 1. The quantitative estimate of drug-likeness (QED) is 0.330. The molecule has 196 valence electrons. The predicted molar refractivity (Wildman–Crippen MR) is 116 cm³/mol. The van der Waals surface area contributed by atoms with Crippen molar-refractivity contribution in [3.63, 3.8) is 0 Å². The monoisotopic (exact) mass is 528 g/mol. The average Bonchev–Trinajstić information content (AvgIpc) is 3.44. The molecule has 0 aliphatic rings. The van der Waals surface area contributed by atoms with Crippen LogP contribution in [-0.2, 0) is 25.4 Å². The molecule has 0 saturated heterocycles. The van der Waals surface area contributed by atoms with Crippen LogP contribution in [0.1, 0.15) is 39.0 Å². The minimum Gasteiger partial charge on any atom is -0.494 e. The van der Waals surface area contributed by atoms with Gasteiger partial charge in [-0.1, -0.05) is 0 Å². The second kappa shape index (κ2) is 9.42. The van der Waals surface area contributed by atoms with Gasteiger partial charge in [0.15, 0.2) is 11.5 Å². The maximum atomic E-state index is 13.2. The number of hydrogen-bond acceptors (Lipinski definition) is 7. The number of fused-ring (bicyclic) bond motifs is 1. The molecule has 3 aromatic heterocycles. The zero-order valence-corrected chi connectivity index (χ0v) is 19.2. The molecule has 0 radical (unpaired) electrons. The first-order chi connectivity index (χ1) is 17.3. The van der Waals surface area contributed by atoms with E-state index in [4.69, 9.17) is 19.3 Å². The molecule has 3 heterocycles. The van der Waals surface area contributed by atoms with Crippen LogP contribution in [-0.4, -0.2) is 23.0 Å². The van der Waals surface area contributed by atoms with Gasteiger partial charge in [-0.05, 0) is 37.3 Å². The Kier molecular flexibility index (Phi) is 6.62. The Balaban J connectivity index is 1.69. The summed E-state index contributed by atoms with van der Waals surface area (Å²) in [6.07, 6.45) is -9.46. The first-order valence-corrected chi connectivity index (χ1v) is 10.5. The van der Waals surface area contributed by atoms with Crippen molar-refractivity contribution >= 4 is 16.8 Å². The smallest absolute Gasteiger partial charge is 0.449 e. The van der Waals surface area contributed by atoms with Crippen LogP contribution >= 0.6 is 0 Å². The van der Waals surface area contributed by atoms with Crippen LogP contribution in [0.15, 0.2) is 39.2 Å². The Hall–Kier alpha value is -4.07. The number of carbonyl (C=O) groups is 1. The minimum atomic E-state index is -4.76. The number of alkyl halides is 6. The predicted octanol–water partition coefficient (Wildman–Crippen LogP) is 5.23. The molecule has 0 aliphatic carbocycles. The lowest BCUT2D eigenvalue weighted by Gasteiger charge is -2.11. The first kappa shape index (κ1) is 26.0. The van der Waals surface area contributed by atoms with Gasteiger partial charge in [-0.2, -0.15) is 26.3 Å². The molecule has 0 fully saturated rings. The normalized spacial score (nSPS) is 12.2. The van der Waals surface area contributed by atoms with E-state index in [1.54, 1.807) is 0 Å². The molecule has 37 heavy (non-hydrogen) atoms. The van der Waals surface area contributed by atoms with Gasteiger partial charge in [0.2, 0.25) is 11.7 Å². The molecule has 8 nitrogen and oxygen atoms in total. The van der Waals surface area contributed by atoms with Crippen LogP contribution in [0.4, 0.5) is 26.3 Å². The third kappa shape index (κ3) is 5.09. The second-order valence-electron chi connectivity index (χ2n) is 7.79. The molecule has 14 heteroatoms. The second-order valence-corrected chi connectivity index (χ2v) is 7.79. The van der Waals surface area contributed by atoms with E-state index in [0.717, 1.165) is 18.2 Å². The highest BCUT2D eigenvalue weighted by molar-refractivity contribution is 5.98. The molecule has 1 amide bonds. The number of methoxy groups -OCH3 is 1. The summed E-state index contributed by atoms with van der Waals surface area (Å²) in [6.45, 7) is 0.522. The fraction of sp³-hybridized carbons (Fsp3) is 0.261. The van der Waals surface area contributed by atoms with Gasteiger partial charge in [-0.3, -0.25) is 4.79 Å².